The number of hydrogen-bond acceptors (Lipinski definition) is 4. The number of aromatic nitrogens is 4. The summed E-state index contributed by atoms with van der Waals surface area (Å²) < 4.78 is 28.1. The third kappa shape index (κ3) is 3.11. The van der Waals surface area contributed by atoms with E-state index in [1.165, 1.54) is 18.5 Å². The number of aromatic amines is 1. The van der Waals surface area contributed by atoms with Crippen LogP contribution in [0.3, 0.4) is 0 Å². The highest BCUT2D eigenvalue weighted by Crippen LogP contribution is 2.13. The monoisotopic (exact) mass is 303 g/mol. The zero-order valence-corrected chi connectivity index (χ0v) is 11.8. The molecule has 0 amide bonds. The van der Waals surface area contributed by atoms with Crippen LogP contribution in [0, 0.1) is 0 Å². The first-order chi connectivity index (χ1) is 10.1. The molecule has 0 spiro atoms. The normalized spacial score (nSPS) is 11.4. The van der Waals surface area contributed by atoms with E-state index < -0.39 is 10.0 Å². The van der Waals surface area contributed by atoms with E-state index >= 15 is 0 Å². The van der Waals surface area contributed by atoms with Crippen molar-refractivity contribution >= 4 is 15.7 Å². The molecule has 3 aromatic rings. The van der Waals surface area contributed by atoms with Gasteiger partial charge in [0.1, 0.15) is 0 Å². The summed E-state index contributed by atoms with van der Waals surface area (Å²) in [5.74, 6) is 0. The fourth-order valence-electron chi connectivity index (χ4n) is 1.88. The van der Waals surface area contributed by atoms with Crippen molar-refractivity contribution in [1.29, 1.82) is 0 Å². The molecule has 2 N–H and O–H groups in total. The maximum atomic E-state index is 12.0. The average Bonchev–Trinajstić information content (AvgIpc) is 3.11. The Morgan fingerprint density at radius 1 is 1.19 bits per heavy atom. The van der Waals surface area contributed by atoms with Gasteiger partial charge in [-0.2, -0.15) is 18.6 Å². The van der Waals surface area contributed by atoms with Crippen LogP contribution in [0.1, 0.15) is 5.56 Å². The SMILES string of the molecule is O=S(=O)(Nc1cnn(Cc2ccccc2)c1)c1ccn[nH]1. The van der Waals surface area contributed by atoms with Gasteiger partial charge >= 0.3 is 0 Å². The number of nitrogens with zero attached hydrogens (tertiary/aromatic N) is 3. The molecule has 0 radical (unpaired) electrons. The van der Waals surface area contributed by atoms with E-state index in [4.69, 9.17) is 0 Å². The van der Waals surface area contributed by atoms with E-state index in [9.17, 15) is 8.42 Å². The van der Waals surface area contributed by atoms with E-state index in [-0.39, 0.29) is 5.03 Å². The molecule has 0 bridgehead atoms. The number of rotatable bonds is 5. The second-order valence-corrected chi connectivity index (χ2v) is 6.09. The molecule has 0 saturated heterocycles. The highest BCUT2D eigenvalue weighted by Gasteiger charge is 2.16. The lowest BCUT2D eigenvalue weighted by Crippen LogP contribution is -2.13. The molecule has 0 unspecified atom stereocenters. The second-order valence-electron chi connectivity index (χ2n) is 4.44. The molecule has 0 aliphatic heterocycles. The van der Waals surface area contributed by atoms with Gasteiger partial charge in [-0.15, -0.1) is 0 Å². The van der Waals surface area contributed by atoms with Crippen LogP contribution in [0.25, 0.3) is 0 Å². The van der Waals surface area contributed by atoms with Crippen LogP contribution in [-0.4, -0.2) is 28.4 Å². The summed E-state index contributed by atoms with van der Waals surface area (Å²) in [7, 11) is -3.65. The van der Waals surface area contributed by atoms with Gasteiger partial charge in [0.25, 0.3) is 10.0 Å². The highest BCUT2D eigenvalue weighted by atomic mass is 32.2. The fourth-order valence-corrected chi connectivity index (χ4v) is 2.81. The summed E-state index contributed by atoms with van der Waals surface area (Å²) in [5, 5.41) is 10.2. The summed E-state index contributed by atoms with van der Waals surface area (Å²) in [6.45, 7) is 0.576. The molecule has 2 aromatic heterocycles. The minimum Gasteiger partial charge on any atom is -0.275 e. The van der Waals surface area contributed by atoms with E-state index in [0.717, 1.165) is 5.56 Å². The molecule has 1 aromatic carbocycles. The number of benzene rings is 1. The van der Waals surface area contributed by atoms with Gasteiger partial charge < -0.3 is 0 Å². The van der Waals surface area contributed by atoms with Crippen molar-refractivity contribution < 1.29 is 8.42 Å². The molecule has 21 heavy (non-hydrogen) atoms. The summed E-state index contributed by atoms with van der Waals surface area (Å²) in [6.07, 6.45) is 4.49. The van der Waals surface area contributed by atoms with Gasteiger partial charge in [0.15, 0.2) is 5.03 Å². The largest absolute Gasteiger partial charge is 0.278 e. The number of nitrogens with one attached hydrogen (secondary N) is 2. The molecule has 0 aliphatic carbocycles. The van der Waals surface area contributed by atoms with Crippen LogP contribution in [0.4, 0.5) is 5.69 Å². The number of H-pyrrole nitrogens is 1. The van der Waals surface area contributed by atoms with Gasteiger partial charge in [-0.3, -0.25) is 14.5 Å². The molecule has 2 heterocycles. The molecular formula is C13H13N5O2S. The topological polar surface area (TPSA) is 92.7 Å². The van der Waals surface area contributed by atoms with E-state index in [1.54, 1.807) is 10.9 Å². The van der Waals surface area contributed by atoms with E-state index in [0.29, 0.717) is 12.2 Å². The molecule has 108 valence electrons. The van der Waals surface area contributed by atoms with Crippen LogP contribution >= 0.6 is 0 Å². The third-order valence-electron chi connectivity index (χ3n) is 2.84. The Kier molecular flexibility index (Phi) is 3.44. The Labute approximate surface area is 121 Å². The zero-order chi connectivity index (χ0) is 14.7. The van der Waals surface area contributed by atoms with Gasteiger partial charge in [-0.25, -0.2) is 0 Å². The molecule has 0 fully saturated rings. The van der Waals surface area contributed by atoms with Crippen molar-refractivity contribution in [3.8, 4) is 0 Å². The Balaban J connectivity index is 1.74. The first-order valence-electron chi connectivity index (χ1n) is 6.22. The molecule has 7 nitrogen and oxygen atoms in total. The number of sulfonamides is 1. The highest BCUT2D eigenvalue weighted by molar-refractivity contribution is 7.92. The van der Waals surface area contributed by atoms with Crippen LogP contribution in [-0.2, 0) is 16.6 Å². The van der Waals surface area contributed by atoms with Crippen molar-refractivity contribution in [2.45, 2.75) is 11.6 Å². The first kappa shape index (κ1) is 13.4. The minimum absolute atomic E-state index is 0.0123. The lowest BCUT2D eigenvalue weighted by atomic mass is 10.2. The molecule has 0 atom stereocenters. The molecule has 0 saturated carbocycles. The summed E-state index contributed by atoms with van der Waals surface area (Å²) >= 11 is 0. The first-order valence-corrected chi connectivity index (χ1v) is 7.70. The van der Waals surface area contributed by atoms with Crippen molar-refractivity contribution in [3.05, 3.63) is 60.6 Å². The molecule has 8 heteroatoms. The summed E-state index contributed by atoms with van der Waals surface area (Å²) in [4.78, 5) is 0. The molecule has 3 rings (SSSR count). The standard InChI is InChI=1S/C13H13N5O2S/c19-21(20,13-6-7-14-16-13)17-12-8-15-18(10-12)9-11-4-2-1-3-5-11/h1-8,10,17H,9H2,(H,14,16). The van der Waals surface area contributed by atoms with Crippen LogP contribution in [0.5, 0.6) is 0 Å². The minimum atomic E-state index is -3.65. The smallest absolute Gasteiger partial charge is 0.275 e. The summed E-state index contributed by atoms with van der Waals surface area (Å²) in [5.41, 5.74) is 1.49. The van der Waals surface area contributed by atoms with Gasteiger partial charge in [0, 0.05) is 6.20 Å². The molecule has 0 aliphatic rings. The Morgan fingerprint density at radius 2 is 2.00 bits per heavy atom. The van der Waals surface area contributed by atoms with Crippen LogP contribution < -0.4 is 4.72 Å². The van der Waals surface area contributed by atoms with Crippen LogP contribution in [0.2, 0.25) is 0 Å². The third-order valence-corrected chi connectivity index (χ3v) is 4.15. The number of hydrogen-bond donors (Lipinski definition) is 2. The lowest BCUT2D eigenvalue weighted by Gasteiger charge is -2.03. The van der Waals surface area contributed by atoms with Crippen molar-refractivity contribution in [2.75, 3.05) is 4.72 Å². The Bertz CT molecular complexity index is 809. The van der Waals surface area contributed by atoms with E-state index in [2.05, 4.69) is 20.0 Å². The fraction of sp³-hybridized carbons (Fsp3) is 0.0769. The van der Waals surface area contributed by atoms with Gasteiger partial charge in [-0.05, 0) is 11.6 Å². The number of anilines is 1. The van der Waals surface area contributed by atoms with Gasteiger partial charge in [0.05, 0.1) is 24.6 Å². The zero-order valence-electron chi connectivity index (χ0n) is 11.0. The molecular weight excluding hydrogens is 290 g/mol. The van der Waals surface area contributed by atoms with Crippen LogP contribution in [0.15, 0.2) is 60.0 Å². The lowest BCUT2D eigenvalue weighted by molar-refractivity contribution is 0.597. The van der Waals surface area contributed by atoms with E-state index in [1.807, 2.05) is 30.3 Å². The van der Waals surface area contributed by atoms with Gasteiger partial charge in [0.2, 0.25) is 0 Å². The second kappa shape index (κ2) is 5.41. The van der Waals surface area contributed by atoms with Gasteiger partial charge in [-0.1, -0.05) is 30.3 Å². The predicted molar refractivity (Wildman–Crippen MR) is 77.2 cm³/mol. The quantitative estimate of drug-likeness (QED) is 0.746. The van der Waals surface area contributed by atoms with Crippen molar-refractivity contribution in [1.82, 2.24) is 20.0 Å². The summed E-state index contributed by atoms with van der Waals surface area (Å²) in [6, 6.07) is 11.2. The Morgan fingerprint density at radius 3 is 2.71 bits per heavy atom. The maximum Gasteiger partial charge on any atom is 0.278 e. The Hall–Kier alpha value is -2.61. The maximum absolute atomic E-state index is 12.0. The van der Waals surface area contributed by atoms with Crippen molar-refractivity contribution in [2.24, 2.45) is 0 Å². The van der Waals surface area contributed by atoms with Crippen molar-refractivity contribution in [3.63, 3.8) is 0 Å². The average molecular weight is 303 g/mol. The predicted octanol–water partition coefficient (Wildman–Crippen LogP) is 1.46.